The zero-order valence-corrected chi connectivity index (χ0v) is 4.37. The SMILES string of the molecule is CCC(=O)OO.OO. The number of carbonyl (C=O) groups excluding carboxylic acids is 1. The standard InChI is InChI=1S/C3H6O3.H2O2/c1-2-3(4)6-5;1-2/h5H,2H2,1H3;1-2H. The highest BCUT2D eigenvalue weighted by atomic mass is 17.1. The van der Waals surface area contributed by atoms with Gasteiger partial charge in [0, 0.05) is 6.42 Å². The Labute approximate surface area is 46.0 Å². The summed E-state index contributed by atoms with van der Waals surface area (Å²) >= 11 is 0. The van der Waals surface area contributed by atoms with Crippen LogP contribution in [0.15, 0.2) is 0 Å². The van der Waals surface area contributed by atoms with E-state index in [1.807, 2.05) is 0 Å². The van der Waals surface area contributed by atoms with E-state index in [1.54, 1.807) is 6.92 Å². The quantitative estimate of drug-likeness (QED) is 0.348. The van der Waals surface area contributed by atoms with Crippen LogP contribution in [-0.2, 0) is 9.68 Å². The molecule has 0 rings (SSSR count). The lowest BCUT2D eigenvalue weighted by Crippen LogP contribution is -1.95. The molecule has 0 saturated heterocycles. The topological polar surface area (TPSA) is 87.0 Å². The van der Waals surface area contributed by atoms with Crippen LogP contribution in [0.4, 0.5) is 0 Å². The number of carbonyl (C=O) groups is 1. The molecule has 0 aliphatic heterocycles. The highest BCUT2D eigenvalue weighted by molar-refractivity contribution is 5.67. The molecule has 0 fully saturated rings. The van der Waals surface area contributed by atoms with Crippen LogP contribution < -0.4 is 0 Å². The molecule has 3 N–H and O–H groups in total. The van der Waals surface area contributed by atoms with Gasteiger partial charge in [0.2, 0.25) is 0 Å². The Bertz CT molecular complexity index is 45.6. The first-order valence-corrected chi connectivity index (χ1v) is 1.85. The summed E-state index contributed by atoms with van der Waals surface area (Å²) in [6.45, 7) is 1.60. The molecule has 0 radical (unpaired) electrons. The van der Waals surface area contributed by atoms with Crippen LogP contribution in [-0.4, -0.2) is 21.7 Å². The van der Waals surface area contributed by atoms with Crippen molar-refractivity contribution in [3.63, 3.8) is 0 Å². The molecule has 5 nitrogen and oxygen atoms in total. The Hall–Kier alpha value is -0.650. The van der Waals surface area contributed by atoms with E-state index >= 15 is 0 Å². The van der Waals surface area contributed by atoms with Gasteiger partial charge < -0.3 is 4.89 Å². The minimum Gasteiger partial charge on any atom is -0.301 e. The average Bonchev–Trinajstić information content (AvgIpc) is 1.91. The van der Waals surface area contributed by atoms with Gasteiger partial charge in [-0.05, 0) is 0 Å². The molecule has 0 unspecified atom stereocenters. The molecule has 0 aromatic rings. The summed E-state index contributed by atoms with van der Waals surface area (Å²) in [5.74, 6) is -0.602. The lowest BCUT2D eigenvalue weighted by Gasteiger charge is -1.83. The molecule has 5 heteroatoms. The summed E-state index contributed by atoms with van der Waals surface area (Å²) in [6, 6.07) is 0. The number of hydrogen-bond acceptors (Lipinski definition) is 5. The molecule has 0 amide bonds. The molecule has 8 heavy (non-hydrogen) atoms. The van der Waals surface area contributed by atoms with Gasteiger partial charge in [-0.15, -0.1) is 0 Å². The van der Waals surface area contributed by atoms with Gasteiger partial charge in [-0.3, -0.25) is 10.5 Å². The van der Waals surface area contributed by atoms with Crippen LogP contribution in [0.25, 0.3) is 0 Å². The van der Waals surface area contributed by atoms with Crippen molar-refractivity contribution < 1.29 is 25.5 Å². The Morgan fingerprint density at radius 1 is 1.62 bits per heavy atom. The smallest absolute Gasteiger partial charge is 0.301 e. The van der Waals surface area contributed by atoms with Crippen molar-refractivity contribution in [1.29, 1.82) is 0 Å². The molecular weight excluding hydrogens is 116 g/mol. The van der Waals surface area contributed by atoms with Gasteiger partial charge in [-0.2, -0.15) is 5.26 Å². The monoisotopic (exact) mass is 124 g/mol. The lowest BCUT2D eigenvalue weighted by atomic mass is 10.5. The maximum absolute atomic E-state index is 9.71. The van der Waals surface area contributed by atoms with Crippen molar-refractivity contribution in [3.8, 4) is 0 Å². The van der Waals surface area contributed by atoms with E-state index < -0.39 is 5.97 Å². The fourth-order valence-electron chi connectivity index (χ4n) is 0.0645. The molecule has 0 aliphatic carbocycles. The second-order valence-corrected chi connectivity index (χ2v) is 0.817. The first-order valence-electron chi connectivity index (χ1n) is 1.85. The van der Waals surface area contributed by atoms with E-state index in [0.717, 1.165) is 0 Å². The largest absolute Gasteiger partial charge is 0.341 e. The van der Waals surface area contributed by atoms with Crippen molar-refractivity contribution >= 4 is 5.97 Å². The molecule has 0 spiro atoms. The third kappa shape index (κ3) is 9.02. The van der Waals surface area contributed by atoms with Gasteiger partial charge in [0.15, 0.2) is 0 Å². The highest BCUT2D eigenvalue weighted by Gasteiger charge is 1.90. The lowest BCUT2D eigenvalue weighted by molar-refractivity contribution is -0.233. The highest BCUT2D eigenvalue weighted by Crippen LogP contribution is 1.75. The third-order valence-corrected chi connectivity index (χ3v) is 0.390. The zero-order valence-electron chi connectivity index (χ0n) is 4.37. The molecule has 0 bridgehead atoms. The first-order chi connectivity index (χ1) is 3.81. The van der Waals surface area contributed by atoms with Crippen molar-refractivity contribution in [3.05, 3.63) is 0 Å². The van der Waals surface area contributed by atoms with E-state index in [0.29, 0.717) is 0 Å². The molecule has 0 aromatic carbocycles. The van der Waals surface area contributed by atoms with E-state index in [9.17, 15) is 4.79 Å². The molecule has 0 saturated carbocycles. The van der Waals surface area contributed by atoms with E-state index in [-0.39, 0.29) is 6.42 Å². The Morgan fingerprint density at radius 3 is 2.00 bits per heavy atom. The fourth-order valence-corrected chi connectivity index (χ4v) is 0.0645. The Kier molecular flexibility index (Phi) is 12.4. The number of hydrogen-bond donors (Lipinski definition) is 3. The predicted octanol–water partition coefficient (Wildman–Crippen LogP) is 0.430. The molecule has 0 heterocycles. The molecular formula is C3H8O5. The van der Waals surface area contributed by atoms with Crippen molar-refractivity contribution in [2.45, 2.75) is 13.3 Å². The fraction of sp³-hybridized carbons (Fsp3) is 0.667. The normalized spacial score (nSPS) is 6.50. The van der Waals surface area contributed by atoms with Gasteiger partial charge in [0.25, 0.3) is 0 Å². The van der Waals surface area contributed by atoms with E-state index in [1.165, 1.54) is 0 Å². The Balaban J connectivity index is 0. The van der Waals surface area contributed by atoms with Crippen molar-refractivity contribution in [1.82, 2.24) is 0 Å². The summed E-state index contributed by atoms with van der Waals surface area (Å²) < 4.78 is 0. The second-order valence-electron chi connectivity index (χ2n) is 0.817. The Morgan fingerprint density at radius 2 is 2.00 bits per heavy atom. The van der Waals surface area contributed by atoms with Crippen LogP contribution in [0.2, 0.25) is 0 Å². The van der Waals surface area contributed by atoms with Crippen LogP contribution in [0, 0.1) is 0 Å². The average molecular weight is 124 g/mol. The van der Waals surface area contributed by atoms with Crippen LogP contribution >= 0.6 is 0 Å². The zero-order chi connectivity index (χ0) is 6.99. The second kappa shape index (κ2) is 9.61. The molecule has 0 aromatic heterocycles. The first kappa shape index (κ1) is 10.4. The van der Waals surface area contributed by atoms with Crippen molar-refractivity contribution in [2.75, 3.05) is 0 Å². The van der Waals surface area contributed by atoms with Crippen molar-refractivity contribution in [2.24, 2.45) is 0 Å². The summed E-state index contributed by atoms with van der Waals surface area (Å²) in [7, 11) is 0. The molecule has 0 aliphatic rings. The van der Waals surface area contributed by atoms with Gasteiger partial charge in [-0.1, -0.05) is 6.92 Å². The summed E-state index contributed by atoms with van der Waals surface area (Å²) in [4.78, 5) is 13.0. The summed E-state index contributed by atoms with van der Waals surface area (Å²) in [5, 5.41) is 19.5. The molecule has 50 valence electrons. The van der Waals surface area contributed by atoms with E-state index in [4.69, 9.17) is 15.8 Å². The predicted molar refractivity (Wildman–Crippen MR) is 24.3 cm³/mol. The van der Waals surface area contributed by atoms with Gasteiger partial charge in [0.1, 0.15) is 0 Å². The van der Waals surface area contributed by atoms with Gasteiger partial charge in [0.05, 0.1) is 0 Å². The minimum absolute atomic E-state index is 0.219. The van der Waals surface area contributed by atoms with Crippen LogP contribution in [0.1, 0.15) is 13.3 Å². The van der Waals surface area contributed by atoms with Crippen LogP contribution in [0.5, 0.6) is 0 Å². The maximum atomic E-state index is 9.71. The van der Waals surface area contributed by atoms with Gasteiger partial charge in [-0.25, -0.2) is 4.79 Å². The minimum atomic E-state index is -0.602. The van der Waals surface area contributed by atoms with E-state index in [2.05, 4.69) is 4.89 Å². The maximum Gasteiger partial charge on any atom is 0.341 e. The summed E-state index contributed by atoms with van der Waals surface area (Å²) in [5.41, 5.74) is 0. The third-order valence-electron chi connectivity index (χ3n) is 0.390. The number of rotatable bonds is 1. The van der Waals surface area contributed by atoms with Crippen LogP contribution in [0.3, 0.4) is 0 Å². The summed E-state index contributed by atoms with van der Waals surface area (Å²) in [6.07, 6.45) is 0.219. The van der Waals surface area contributed by atoms with Gasteiger partial charge >= 0.3 is 5.97 Å². The molecule has 0 atom stereocenters.